The highest BCUT2D eigenvalue weighted by Crippen LogP contribution is 2.24. The van der Waals surface area contributed by atoms with Gasteiger partial charge in [0.05, 0.1) is 11.3 Å². The van der Waals surface area contributed by atoms with E-state index in [9.17, 15) is 4.79 Å². The molecule has 1 N–H and O–H groups in total. The highest BCUT2D eigenvalue weighted by Gasteiger charge is 2.16. The first kappa shape index (κ1) is 17.2. The normalized spacial score (nSPS) is 12.2. The molecule has 0 radical (unpaired) electrons. The second-order valence-corrected chi connectivity index (χ2v) is 7.44. The molecule has 6 heteroatoms. The quantitative estimate of drug-likeness (QED) is 0.717. The maximum absolute atomic E-state index is 12.7. The number of hydrogen-bond acceptors (Lipinski definition) is 2. The first-order chi connectivity index (χ1) is 10.3. The summed E-state index contributed by atoms with van der Waals surface area (Å²) in [6, 6.07) is 5.70. The van der Waals surface area contributed by atoms with Crippen LogP contribution in [0.5, 0.6) is 0 Å². The molecule has 0 saturated heterocycles. The molecule has 0 bridgehead atoms. The summed E-state index contributed by atoms with van der Waals surface area (Å²) in [6.07, 6.45) is 0. The van der Waals surface area contributed by atoms with Crippen molar-refractivity contribution in [3.8, 4) is 5.69 Å². The van der Waals surface area contributed by atoms with E-state index in [-0.39, 0.29) is 5.56 Å². The second kappa shape index (κ2) is 6.96. The number of nitrogens with one attached hydrogen (secondary N) is 1. The molecule has 2 rings (SSSR count). The smallest absolute Gasteiger partial charge is 0.280 e. The monoisotopic (exact) mass is 427 g/mol. The molecule has 1 aromatic heterocycles. The fraction of sp³-hybridized carbons (Fsp3) is 0.375. The summed E-state index contributed by atoms with van der Waals surface area (Å²) in [4.78, 5) is 17.3. The molecule has 0 amide bonds. The molecule has 0 aliphatic rings. The third-order valence-corrected chi connectivity index (χ3v) is 4.41. The summed E-state index contributed by atoms with van der Waals surface area (Å²) < 4.78 is 3.35. The maximum atomic E-state index is 12.7. The van der Waals surface area contributed by atoms with Crippen LogP contribution in [-0.2, 0) is 0 Å². The lowest BCUT2D eigenvalue weighted by atomic mass is 10.1. The Kier molecular flexibility index (Phi) is 5.45. The van der Waals surface area contributed by atoms with Gasteiger partial charge in [0.2, 0.25) is 0 Å². The van der Waals surface area contributed by atoms with Gasteiger partial charge in [0.25, 0.3) is 5.56 Å². The Balaban J connectivity index is 2.52. The SMILES string of the molecule is CC(=NCC(C)C)c1c(C)[nH]n(-c2ccc(Br)cc2Br)c1=O. The molecule has 1 aromatic carbocycles. The zero-order valence-corrected chi connectivity index (χ0v) is 16.2. The molecule has 0 aliphatic carbocycles. The molecule has 22 heavy (non-hydrogen) atoms. The highest BCUT2D eigenvalue weighted by atomic mass is 79.9. The van der Waals surface area contributed by atoms with Crippen molar-refractivity contribution in [3.05, 3.63) is 48.8 Å². The molecule has 0 fully saturated rings. The fourth-order valence-electron chi connectivity index (χ4n) is 2.20. The van der Waals surface area contributed by atoms with Crippen molar-refractivity contribution >= 4 is 37.6 Å². The third-order valence-electron chi connectivity index (χ3n) is 3.28. The molecular formula is C16H19Br2N3O. The lowest BCUT2D eigenvalue weighted by Crippen LogP contribution is -2.20. The molecule has 0 spiro atoms. The Morgan fingerprint density at radius 2 is 2.05 bits per heavy atom. The van der Waals surface area contributed by atoms with E-state index in [0.717, 1.165) is 32.6 Å². The maximum Gasteiger partial charge on any atom is 0.280 e. The fourth-order valence-corrected chi connectivity index (χ4v) is 3.43. The van der Waals surface area contributed by atoms with Crippen molar-refractivity contribution in [2.75, 3.05) is 6.54 Å². The van der Waals surface area contributed by atoms with E-state index in [2.05, 4.69) is 55.8 Å². The Labute approximate surface area is 146 Å². The van der Waals surface area contributed by atoms with Crippen LogP contribution in [0.2, 0.25) is 0 Å². The number of nitrogens with zero attached hydrogens (tertiary/aromatic N) is 2. The standard InChI is InChI=1S/C16H19Br2N3O/c1-9(2)8-19-10(3)15-11(4)20-21(16(15)22)14-6-5-12(17)7-13(14)18/h5-7,9,20H,8H2,1-4H3. The van der Waals surface area contributed by atoms with Gasteiger partial charge in [-0.2, -0.15) is 0 Å². The number of H-pyrrole nitrogens is 1. The van der Waals surface area contributed by atoms with Crippen molar-refractivity contribution in [2.45, 2.75) is 27.7 Å². The van der Waals surface area contributed by atoms with Crippen LogP contribution < -0.4 is 5.56 Å². The Morgan fingerprint density at radius 3 is 2.64 bits per heavy atom. The van der Waals surface area contributed by atoms with Gasteiger partial charge in [-0.3, -0.25) is 14.9 Å². The van der Waals surface area contributed by atoms with E-state index in [1.54, 1.807) is 4.68 Å². The first-order valence-corrected chi connectivity index (χ1v) is 8.68. The van der Waals surface area contributed by atoms with Gasteiger partial charge in [0.15, 0.2) is 0 Å². The molecule has 1 heterocycles. The average molecular weight is 429 g/mol. The highest BCUT2D eigenvalue weighted by molar-refractivity contribution is 9.11. The van der Waals surface area contributed by atoms with Crippen molar-refractivity contribution in [1.29, 1.82) is 0 Å². The number of aromatic nitrogens is 2. The van der Waals surface area contributed by atoms with Gasteiger partial charge in [-0.05, 0) is 53.9 Å². The van der Waals surface area contributed by atoms with Gasteiger partial charge in [-0.1, -0.05) is 29.8 Å². The van der Waals surface area contributed by atoms with Crippen LogP contribution in [0.1, 0.15) is 32.0 Å². The van der Waals surface area contributed by atoms with Gasteiger partial charge < -0.3 is 0 Å². The van der Waals surface area contributed by atoms with Gasteiger partial charge in [0.1, 0.15) is 0 Å². The molecule has 118 valence electrons. The van der Waals surface area contributed by atoms with E-state index >= 15 is 0 Å². The largest absolute Gasteiger partial charge is 0.295 e. The van der Waals surface area contributed by atoms with Crippen LogP contribution in [0.25, 0.3) is 5.69 Å². The number of benzene rings is 1. The summed E-state index contributed by atoms with van der Waals surface area (Å²) in [5.74, 6) is 0.469. The van der Waals surface area contributed by atoms with E-state index < -0.39 is 0 Å². The van der Waals surface area contributed by atoms with Crippen LogP contribution in [0.15, 0.2) is 36.9 Å². The third kappa shape index (κ3) is 3.60. The summed E-state index contributed by atoms with van der Waals surface area (Å²) in [5.41, 5.74) is 2.95. The number of hydrogen-bond donors (Lipinski definition) is 1. The van der Waals surface area contributed by atoms with E-state index in [4.69, 9.17) is 0 Å². The molecule has 4 nitrogen and oxygen atoms in total. The van der Waals surface area contributed by atoms with Crippen molar-refractivity contribution in [2.24, 2.45) is 10.9 Å². The minimum absolute atomic E-state index is 0.0782. The summed E-state index contributed by atoms with van der Waals surface area (Å²) in [6.45, 7) is 8.73. The summed E-state index contributed by atoms with van der Waals surface area (Å²) in [7, 11) is 0. The van der Waals surface area contributed by atoms with E-state index in [1.165, 1.54) is 0 Å². The number of aromatic amines is 1. The van der Waals surface area contributed by atoms with Crippen LogP contribution in [0, 0.1) is 12.8 Å². The van der Waals surface area contributed by atoms with Gasteiger partial charge in [0, 0.05) is 26.9 Å². The molecule has 0 atom stereocenters. The Morgan fingerprint density at radius 1 is 1.36 bits per heavy atom. The minimum atomic E-state index is -0.0782. The zero-order valence-electron chi connectivity index (χ0n) is 13.1. The van der Waals surface area contributed by atoms with Crippen LogP contribution in [0.3, 0.4) is 0 Å². The van der Waals surface area contributed by atoms with Gasteiger partial charge >= 0.3 is 0 Å². The predicted molar refractivity (Wildman–Crippen MR) is 98.4 cm³/mol. The van der Waals surface area contributed by atoms with Crippen LogP contribution in [0.4, 0.5) is 0 Å². The zero-order chi connectivity index (χ0) is 16.4. The molecule has 0 aliphatic heterocycles. The lowest BCUT2D eigenvalue weighted by Gasteiger charge is -2.05. The average Bonchev–Trinajstić information content (AvgIpc) is 2.71. The van der Waals surface area contributed by atoms with Gasteiger partial charge in [-0.25, -0.2) is 4.68 Å². The van der Waals surface area contributed by atoms with Crippen LogP contribution >= 0.6 is 31.9 Å². The molecular weight excluding hydrogens is 410 g/mol. The predicted octanol–water partition coefficient (Wildman–Crippen LogP) is 4.46. The minimum Gasteiger partial charge on any atom is -0.295 e. The van der Waals surface area contributed by atoms with Crippen molar-refractivity contribution < 1.29 is 0 Å². The Bertz CT molecular complexity index is 772. The molecule has 0 saturated carbocycles. The Hall–Kier alpha value is -1.14. The number of rotatable bonds is 4. The molecule has 2 aromatic rings. The van der Waals surface area contributed by atoms with E-state index in [0.29, 0.717) is 11.5 Å². The van der Waals surface area contributed by atoms with E-state index in [1.807, 2.05) is 32.0 Å². The number of aryl methyl sites for hydroxylation is 1. The van der Waals surface area contributed by atoms with Crippen LogP contribution in [-0.4, -0.2) is 22.0 Å². The number of aliphatic imine (C=N–C) groups is 1. The summed E-state index contributed by atoms with van der Waals surface area (Å²) in [5, 5.41) is 3.14. The first-order valence-electron chi connectivity index (χ1n) is 7.09. The summed E-state index contributed by atoms with van der Waals surface area (Å²) >= 11 is 6.92. The van der Waals surface area contributed by atoms with Gasteiger partial charge in [-0.15, -0.1) is 0 Å². The molecule has 0 unspecified atom stereocenters. The second-order valence-electron chi connectivity index (χ2n) is 5.67. The lowest BCUT2D eigenvalue weighted by molar-refractivity contribution is 0.665. The topological polar surface area (TPSA) is 50.1 Å². The van der Waals surface area contributed by atoms with Crippen molar-refractivity contribution in [1.82, 2.24) is 9.78 Å². The number of halogens is 2. The van der Waals surface area contributed by atoms with Crippen molar-refractivity contribution in [3.63, 3.8) is 0 Å².